The Morgan fingerprint density at radius 2 is 1.11 bits per heavy atom. The molecule has 8 heteroatoms. The molecular weight excluding hydrogens is 377 g/mol. The largest absolute Gasteiger partial charge is 0.168 e. The first-order valence-electron chi connectivity index (χ1n) is 4.89. The Balaban J connectivity index is 3.15. The molecule has 0 saturated heterocycles. The van der Waals surface area contributed by atoms with Gasteiger partial charge in [0.25, 0.3) is 0 Å². The van der Waals surface area contributed by atoms with Gasteiger partial charge in [0, 0.05) is 39.9 Å². The van der Waals surface area contributed by atoms with Gasteiger partial charge >= 0.3 is 0 Å². The monoisotopic (exact) mass is 390 g/mol. The highest BCUT2D eigenvalue weighted by molar-refractivity contribution is 8.13. The van der Waals surface area contributed by atoms with Gasteiger partial charge in [-0.05, 0) is 12.1 Å². The molecule has 102 valence electrons. The Morgan fingerprint density at radius 1 is 0.667 bits per heavy atom. The van der Waals surface area contributed by atoms with Gasteiger partial charge in [-0.2, -0.15) is 50.5 Å². The van der Waals surface area contributed by atoms with Gasteiger partial charge in [0.1, 0.15) is 0 Å². The highest BCUT2D eigenvalue weighted by atomic mass is 32.2. The van der Waals surface area contributed by atoms with Crippen molar-refractivity contribution in [3.8, 4) is 0 Å². The minimum atomic E-state index is 0.777. The van der Waals surface area contributed by atoms with Crippen LogP contribution in [0.15, 0.2) is 31.7 Å². The predicted octanol–water partition coefficient (Wildman–Crippen LogP) is 5.60. The number of thiol groups is 4. The first kappa shape index (κ1) is 18.1. The van der Waals surface area contributed by atoms with Crippen LogP contribution in [0.2, 0.25) is 0 Å². The molecule has 18 heavy (non-hydrogen) atoms. The van der Waals surface area contributed by atoms with Gasteiger partial charge in [0.15, 0.2) is 0 Å². The molecule has 0 aliphatic carbocycles. The maximum atomic E-state index is 4.32. The summed E-state index contributed by atoms with van der Waals surface area (Å²) in [6.45, 7) is 0. The van der Waals surface area contributed by atoms with Gasteiger partial charge in [-0.1, -0.05) is 0 Å². The van der Waals surface area contributed by atoms with Crippen LogP contribution in [0.4, 0.5) is 0 Å². The molecule has 1 aromatic carbocycles. The van der Waals surface area contributed by atoms with Crippen LogP contribution in [-0.4, -0.2) is 20.3 Å². The first-order chi connectivity index (χ1) is 8.76. The van der Waals surface area contributed by atoms with Crippen LogP contribution in [-0.2, 0) is 0 Å². The van der Waals surface area contributed by atoms with Crippen molar-refractivity contribution in [1.82, 2.24) is 0 Å². The van der Waals surface area contributed by atoms with E-state index in [1.165, 1.54) is 19.6 Å². The summed E-state index contributed by atoms with van der Waals surface area (Å²) in [5.41, 5.74) is 0. The van der Waals surface area contributed by atoms with Gasteiger partial charge in [-0.3, -0.25) is 0 Å². The van der Waals surface area contributed by atoms with Crippen LogP contribution in [0.5, 0.6) is 0 Å². The van der Waals surface area contributed by atoms with Crippen molar-refractivity contribution in [3.63, 3.8) is 0 Å². The van der Waals surface area contributed by atoms with E-state index < -0.39 is 0 Å². The second-order valence-corrected chi connectivity index (χ2v) is 9.89. The van der Waals surface area contributed by atoms with Crippen LogP contribution in [0.3, 0.4) is 0 Å². The standard InChI is InChI=1S/C10H14S8/c11-3-15-7-1-8(16-4-12)10(18-6-14)9(2-7)17-5-13/h1-2,11-14H,3-6H2. The SMILES string of the molecule is SCSc1cc(SCS)c(SCS)c(SCS)c1. The van der Waals surface area contributed by atoms with E-state index in [0.29, 0.717) is 0 Å². The van der Waals surface area contributed by atoms with E-state index in [1.807, 2.05) is 0 Å². The summed E-state index contributed by atoms with van der Waals surface area (Å²) in [4.78, 5) is 5.11. The van der Waals surface area contributed by atoms with Crippen LogP contribution in [0.1, 0.15) is 0 Å². The third kappa shape index (κ3) is 5.79. The van der Waals surface area contributed by atoms with E-state index in [4.69, 9.17) is 0 Å². The second-order valence-electron chi connectivity index (χ2n) is 2.84. The van der Waals surface area contributed by atoms with Crippen molar-refractivity contribution < 1.29 is 0 Å². The van der Waals surface area contributed by atoms with E-state index in [2.05, 4.69) is 62.6 Å². The van der Waals surface area contributed by atoms with Crippen molar-refractivity contribution in [2.75, 3.05) is 20.3 Å². The molecule has 1 aromatic rings. The normalized spacial score (nSPS) is 10.9. The average Bonchev–Trinajstić information content (AvgIpc) is 2.34. The summed E-state index contributed by atoms with van der Waals surface area (Å²) in [7, 11) is 0. The fourth-order valence-corrected chi connectivity index (χ4v) is 6.12. The highest BCUT2D eigenvalue weighted by Crippen LogP contribution is 2.42. The summed E-state index contributed by atoms with van der Waals surface area (Å²) in [6, 6.07) is 4.44. The van der Waals surface area contributed by atoms with Gasteiger partial charge in [-0.25, -0.2) is 0 Å². The topological polar surface area (TPSA) is 0 Å². The zero-order valence-corrected chi connectivity index (χ0v) is 16.2. The lowest BCUT2D eigenvalue weighted by molar-refractivity contribution is 1.07. The molecule has 0 bridgehead atoms. The molecule has 0 unspecified atom stereocenters. The van der Waals surface area contributed by atoms with Crippen molar-refractivity contribution in [1.29, 1.82) is 0 Å². The van der Waals surface area contributed by atoms with Crippen LogP contribution >= 0.6 is 97.6 Å². The lowest BCUT2D eigenvalue weighted by Gasteiger charge is -2.14. The summed E-state index contributed by atoms with van der Waals surface area (Å²) in [5.74, 6) is 0. The summed E-state index contributed by atoms with van der Waals surface area (Å²) >= 11 is 24.2. The maximum Gasteiger partial charge on any atom is 0.0410 e. The zero-order valence-electron chi connectivity index (χ0n) is 9.40. The predicted molar refractivity (Wildman–Crippen MR) is 105 cm³/mol. The van der Waals surface area contributed by atoms with Crippen LogP contribution in [0, 0.1) is 0 Å². The Labute approximate surface area is 148 Å². The molecule has 0 nitrogen and oxygen atoms in total. The van der Waals surface area contributed by atoms with Crippen molar-refractivity contribution >= 4 is 97.6 Å². The number of rotatable bonds is 8. The van der Waals surface area contributed by atoms with Gasteiger partial charge < -0.3 is 0 Å². The molecule has 1 rings (SSSR count). The Bertz CT molecular complexity index is 340. The molecule has 0 spiro atoms. The Hall–Kier alpha value is 2.02. The van der Waals surface area contributed by atoms with Gasteiger partial charge in [-0.15, -0.1) is 47.0 Å². The summed E-state index contributed by atoms with van der Waals surface area (Å²) < 4.78 is 0. The number of hydrogen-bond acceptors (Lipinski definition) is 8. The molecule has 0 aromatic heterocycles. The van der Waals surface area contributed by atoms with Gasteiger partial charge in [0.05, 0.1) is 0 Å². The second kappa shape index (κ2) is 10.7. The molecule has 0 saturated carbocycles. The van der Waals surface area contributed by atoms with Crippen LogP contribution < -0.4 is 0 Å². The van der Waals surface area contributed by atoms with Crippen molar-refractivity contribution in [2.24, 2.45) is 0 Å². The minimum absolute atomic E-state index is 0.777. The smallest absolute Gasteiger partial charge is 0.0410 e. The average molecular weight is 391 g/mol. The molecule has 0 fully saturated rings. The van der Waals surface area contributed by atoms with E-state index >= 15 is 0 Å². The molecule has 0 heterocycles. The Morgan fingerprint density at radius 3 is 1.50 bits per heavy atom. The van der Waals surface area contributed by atoms with E-state index in [9.17, 15) is 0 Å². The maximum absolute atomic E-state index is 4.32. The lowest BCUT2D eigenvalue weighted by atomic mass is 10.3. The molecule has 0 radical (unpaired) electrons. The highest BCUT2D eigenvalue weighted by Gasteiger charge is 2.12. The van der Waals surface area contributed by atoms with Gasteiger partial charge in [0.2, 0.25) is 0 Å². The minimum Gasteiger partial charge on any atom is -0.168 e. The Kier molecular flexibility index (Phi) is 10.7. The van der Waals surface area contributed by atoms with E-state index in [-0.39, 0.29) is 0 Å². The third-order valence-electron chi connectivity index (χ3n) is 1.87. The van der Waals surface area contributed by atoms with E-state index in [0.717, 1.165) is 20.3 Å². The lowest BCUT2D eigenvalue weighted by Crippen LogP contribution is -1.87. The number of thioether (sulfide) groups is 4. The van der Waals surface area contributed by atoms with E-state index in [1.54, 1.807) is 47.0 Å². The molecule has 0 aliphatic rings. The third-order valence-corrected chi connectivity index (χ3v) is 6.76. The first-order valence-corrected chi connectivity index (χ1v) is 11.4. The molecule has 0 aliphatic heterocycles. The summed E-state index contributed by atoms with van der Waals surface area (Å²) in [5, 5.41) is 3.12. The summed E-state index contributed by atoms with van der Waals surface area (Å²) in [6.07, 6.45) is 0. The fourth-order valence-electron chi connectivity index (χ4n) is 1.27. The van der Waals surface area contributed by atoms with Crippen LogP contribution in [0.25, 0.3) is 0 Å². The van der Waals surface area contributed by atoms with Crippen molar-refractivity contribution in [3.05, 3.63) is 12.1 Å². The quantitative estimate of drug-likeness (QED) is 0.259. The number of hydrogen-bond donors (Lipinski definition) is 4. The molecule has 0 atom stereocenters. The fraction of sp³-hybridized carbons (Fsp3) is 0.400. The molecule has 0 amide bonds. The molecular formula is C10H14S8. The molecule has 0 N–H and O–H groups in total. The number of benzene rings is 1. The van der Waals surface area contributed by atoms with Crippen molar-refractivity contribution in [2.45, 2.75) is 19.6 Å². The zero-order chi connectivity index (χ0) is 13.4.